The van der Waals surface area contributed by atoms with Crippen LogP contribution in [0.25, 0.3) is 6.08 Å². The van der Waals surface area contributed by atoms with E-state index in [2.05, 4.69) is 5.73 Å². The summed E-state index contributed by atoms with van der Waals surface area (Å²) in [6, 6.07) is 5.20. The fraction of sp³-hybridized carbons (Fsp3) is 0.231. The highest BCUT2D eigenvalue weighted by Crippen LogP contribution is 2.25. The summed E-state index contributed by atoms with van der Waals surface area (Å²) in [7, 11) is 0. The van der Waals surface area contributed by atoms with Crippen molar-refractivity contribution in [1.82, 2.24) is 0 Å². The number of carbonyl (C=O) groups excluding carboxylic acids is 1. The van der Waals surface area contributed by atoms with Crippen LogP contribution in [0.3, 0.4) is 0 Å². The van der Waals surface area contributed by atoms with Gasteiger partial charge in [-0.3, -0.25) is 0 Å². The highest BCUT2D eigenvalue weighted by atomic mass is 35.5. The second-order valence-electron chi connectivity index (χ2n) is 3.27. The van der Waals surface area contributed by atoms with Crippen molar-refractivity contribution in [3.05, 3.63) is 45.1 Å². The second kappa shape index (κ2) is 6.51. The fourth-order valence-electron chi connectivity index (χ4n) is 1.13. The van der Waals surface area contributed by atoms with Gasteiger partial charge in [-0.2, -0.15) is 0 Å². The first kappa shape index (κ1) is 13.9. The maximum Gasteiger partial charge on any atom is 0.341 e. The molecule has 2 nitrogen and oxygen atoms in total. The zero-order valence-corrected chi connectivity index (χ0v) is 11.1. The van der Waals surface area contributed by atoms with Gasteiger partial charge in [0.25, 0.3) is 0 Å². The molecule has 1 aromatic rings. The van der Waals surface area contributed by atoms with E-state index in [-0.39, 0.29) is 0 Å². The lowest BCUT2D eigenvalue weighted by atomic mass is 10.2. The van der Waals surface area contributed by atoms with E-state index in [0.29, 0.717) is 27.8 Å². The second-order valence-corrected chi connectivity index (χ2v) is 4.08. The smallest absolute Gasteiger partial charge is 0.341 e. The van der Waals surface area contributed by atoms with Crippen molar-refractivity contribution in [1.29, 1.82) is 0 Å². The maximum atomic E-state index is 11.3. The monoisotopic (exact) mass is 270 g/mol. The van der Waals surface area contributed by atoms with Gasteiger partial charge in [-0.15, -0.1) is 5.73 Å². The summed E-state index contributed by atoms with van der Waals surface area (Å²) in [4.78, 5) is 11.3. The fourth-order valence-corrected chi connectivity index (χ4v) is 1.63. The molecule has 1 aromatic carbocycles. The van der Waals surface area contributed by atoms with Gasteiger partial charge in [0, 0.05) is 15.6 Å². The first-order chi connectivity index (χ1) is 8.06. The third-order valence-corrected chi connectivity index (χ3v) is 2.67. The van der Waals surface area contributed by atoms with Gasteiger partial charge >= 0.3 is 5.97 Å². The first-order valence-corrected chi connectivity index (χ1v) is 5.86. The van der Waals surface area contributed by atoms with Crippen LogP contribution in [0.2, 0.25) is 10.0 Å². The van der Waals surface area contributed by atoms with Crippen molar-refractivity contribution in [2.24, 2.45) is 0 Å². The number of ether oxygens (including phenoxy) is 1. The van der Waals surface area contributed by atoms with E-state index >= 15 is 0 Å². The van der Waals surface area contributed by atoms with Gasteiger partial charge in [-0.25, -0.2) is 4.79 Å². The van der Waals surface area contributed by atoms with Gasteiger partial charge in [0.15, 0.2) is 0 Å². The Morgan fingerprint density at radius 2 is 2.00 bits per heavy atom. The Kier molecular flexibility index (Phi) is 5.30. The Bertz CT molecular complexity index is 466. The summed E-state index contributed by atoms with van der Waals surface area (Å²) in [6.45, 7) is 3.71. The van der Waals surface area contributed by atoms with E-state index in [9.17, 15) is 4.79 Å². The van der Waals surface area contributed by atoms with Crippen LogP contribution in [-0.2, 0) is 9.53 Å². The molecule has 0 atom stereocenters. The summed E-state index contributed by atoms with van der Waals surface area (Å²) in [5, 5.41) is 1.03. The molecular formula is C13H12Cl2O2. The molecule has 4 heteroatoms. The normalized spacial score (nSPS) is 9.41. The number of esters is 1. The zero-order chi connectivity index (χ0) is 12.8. The molecule has 90 valence electrons. The van der Waals surface area contributed by atoms with Crippen molar-refractivity contribution >= 4 is 35.2 Å². The van der Waals surface area contributed by atoms with Crippen LogP contribution in [0.15, 0.2) is 29.5 Å². The largest absolute Gasteiger partial charge is 0.462 e. The minimum Gasteiger partial charge on any atom is -0.462 e. The van der Waals surface area contributed by atoms with Crippen LogP contribution >= 0.6 is 23.2 Å². The predicted octanol–water partition coefficient (Wildman–Crippen LogP) is 4.11. The highest BCUT2D eigenvalue weighted by molar-refractivity contribution is 6.37. The molecule has 0 amide bonds. The van der Waals surface area contributed by atoms with Gasteiger partial charge in [0.2, 0.25) is 0 Å². The van der Waals surface area contributed by atoms with Gasteiger partial charge in [-0.1, -0.05) is 29.3 Å². The van der Waals surface area contributed by atoms with E-state index in [1.165, 1.54) is 0 Å². The van der Waals surface area contributed by atoms with Gasteiger partial charge < -0.3 is 4.74 Å². The molecule has 17 heavy (non-hydrogen) atoms. The minimum absolute atomic E-state index is 0.338. The Labute approximate surface area is 110 Å². The minimum atomic E-state index is -0.396. The highest BCUT2D eigenvalue weighted by Gasteiger charge is 2.04. The number of carbonyl (C=O) groups is 1. The van der Waals surface area contributed by atoms with Crippen LogP contribution in [0, 0.1) is 0 Å². The molecule has 0 aliphatic carbocycles. The van der Waals surface area contributed by atoms with Gasteiger partial charge in [0.1, 0.15) is 0 Å². The number of hydrogen-bond donors (Lipinski definition) is 0. The predicted molar refractivity (Wildman–Crippen MR) is 70.3 cm³/mol. The topological polar surface area (TPSA) is 26.3 Å². The summed E-state index contributed by atoms with van der Waals surface area (Å²) < 4.78 is 4.83. The maximum absolute atomic E-state index is 11.3. The van der Waals surface area contributed by atoms with Crippen molar-refractivity contribution in [3.63, 3.8) is 0 Å². The Morgan fingerprint density at radius 1 is 1.41 bits per heavy atom. The molecule has 0 N–H and O–H groups in total. The average Bonchev–Trinajstić information content (AvgIpc) is 2.28. The molecule has 0 aromatic heterocycles. The number of halogens is 2. The molecule has 0 aliphatic heterocycles. The van der Waals surface area contributed by atoms with E-state index < -0.39 is 5.97 Å². The quantitative estimate of drug-likeness (QED) is 0.469. The molecule has 0 saturated heterocycles. The first-order valence-electron chi connectivity index (χ1n) is 5.10. The summed E-state index contributed by atoms with van der Waals surface area (Å²) in [6.07, 6.45) is 1.58. The molecule has 0 saturated carbocycles. The van der Waals surface area contributed by atoms with Crippen LogP contribution in [0.5, 0.6) is 0 Å². The van der Waals surface area contributed by atoms with Crippen molar-refractivity contribution in [2.75, 3.05) is 6.61 Å². The molecular weight excluding hydrogens is 259 g/mol. The van der Waals surface area contributed by atoms with Gasteiger partial charge in [-0.05, 0) is 32.1 Å². The van der Waals surface area contributed by atoms with Crippen LogP contribution in [0.1, 0.15) is 19.4 Å². The molecule has 0 bridgehead atoms. The molecule has 1 rings (SSSR count). The van der Waals surface area contributed by atoms with Gasteiger partial charge in [0.05, 0.1) is 12.2 Å². The summed E-state index contributed by atoms with van der Waals surface area (Å²) >= 11 is 11.9. The van der Waals surface area contributed by atoms with Crippen LogP contribution in [0.4, 0.5) is 0 Å². The lowest BCUT2D eigenvalue weighted by Gasteiger charge is -2.00. The van der Waals surface area contributed by atoms with Crippen molar-refractivity contribution in [2.45, 2.75) is 13.8 Å². The third kappa shape index (κ3) is 3.94. The van der Waals surface area contributed by atoms with Crippen molar-refractivity contribution in [3.8, 4) is 0 Å². The van der Waals surface area contributed by atoms with Crippen LogP contribution in [-0.4, -0.2) is 12.6 Å². The average molecular weight is 271 g/mol. The van der Waals surface area contributed by atoms with E-state index in [1.54, 1.807) is 38.1 Å². The lowest BCUT2D eigenvalue weighted by molar-refractivity contribution is -0.138. The molecule has 0 heterocycles. The Balaban J connectivity index is 3.04. The van der Waals surface area contributed by atoms with E-state index in [1.807, 2.05) is 0 Å². The number of hydrogen-bond acceptors (Lipinski definition) is 2. The summed E-state index contributed by atoms with van der Waals surface area (Å²) in [5.41, 5.74) is 3.83. The Morgan fingerprint density at radius 3 is 2.53 bits per heavy atom. The van der Waals surface area contributed by atoms with Crippen LogP contribution < -0.4 is 0 Å². The number of benzene rings is 1. The molecule has 0 fully saturated rings. The molecule has 0 aliphatic rings. The zero-order valence-electron chi connectivity index (χ0n) is 9.59. The van der Waals surface area contributed by atoms with E-state index in [4.69, 9.17) is 27.9 Å². The third-order valence-electron chi connectivity index (χ3n) is 2.01. The lowest BCUT2D eigenvalue weighted by Crippen LogP contribution is -2.03. The van der Waals surface area contributed by atoms with E-state index in [0.717, 1.165) is 0 Å². The summed E-state index contributed by atoms with van der Waals surface area (Å²) in [5.74, 6) is -0.396. The molecule has 0 radical (unpaired) electrons. The molecule has 0 unspecified atom stereocenters. The van der Waals surface area contributed by atoms with Crippen molar-refractivity contribution < 1.29 is 9.53 Å². The number of rotatable bonds is 3. The Hall–Kier alpha value is -1.21. The SMILES string of the molecule is CCOC(=O)C(C)=C=Cc1c(Cl)cccc1Cl. The molecule has 0 spiro atoms. The standard InChI is InChI=1S/C13H12Cl2O2/c1-3-17-13(16)9(2)7-8-10-11(14)5-4-6-12(10)15/h4-6,8H,3H2,1-2H3.